The first-order valence-electron chi connectivity index (χ1n) is 5.20. The van der Waals surface area contributed by atoms with E-state index in [4.69, 9.17) is 5.73 Å². The van der Waals surface area contributed by atoms with Crippen LogP contribution in [0.1, 0.15) is 29.8 Å². The van der Waals surface area contributed by atoms with Crippen molar-refractivity contribution < 1.29 is 9.18 Å². The van der Waals surface area contributed by atoms with E-state index in [-0.39, 0.29) is 11.6 Å². The van der Waals surface area contributed by atoms with Crippen molar-refractivity contribution >= 4 is 11.6 Å². The van der Waals surface area contributed by atoms with Crippen LogP contribution in [0.2, 0.25) is 0 Å². The van der Waals surface area contributed by atoms with E-state index in [2.05, 4.69) is 0 Å². The predicted octanol–water partition coefficient (Wildman–Crippen LogP) is 2.44. The lowest BCUT2D eigenvalue weighted by molar-refractivity contribution is 0.0827. The average molecular weight is 226 g/mol. The van der Waals surface area contributed by atoms with Gasteiger partial charge in [-0.3, -0.25) is 4.79 Å². The van der Waals surface area contributed by atoms with Crippen molar-refractivity contribution in [2.45, 2.75) is 20.8 Å². The number of aryl methyl sites for hydroxylation is 1. The molecule has 0 bridgehead atoms. The minimum Gasteiger partial charge on any atom is -0.396 e. The maximum absolute atomic E-state index is 13.2. The van der Waals surface area contributed by atoms with Crippen LogP contribution in [-0.2, 0) is 0 Å². The average Bonchev–Trinajstić information content (AvgIpc) is 2.26. The van der Waals surface area contributed by atoms with Crippen molar-refractivity contribution in [3.05, 3.63) is 29.1 Å². The number of hydrogen-bond donors (Lipinski definition) is 1. The Hall–Kier alpha value is -1.58. The summed E-state index contributed by atoms with van der Waals surface area (Å²) in [7, 11) is 3.23. The first kappa shape index (κ1) is 14.4. The number of benzene rings is 1. The summed E-state index contributed by atoms with van der Waals surface area (Å²) in [5.74, 6) is -0.776. The molecule has 0 fully saturated rings. The fraction of sp³-hybridized carbons (Fsp3) is 0.417. The van der Waals surface area contributed by atoms with E-state index in [9.17, 15) is 9.18 Å². The molecule has 2 N–H and O–H groups in total. The van der Waals surface area contributed by atoms with Gasteiger partial charge in [0.25, 0.3) is 5.91 Å². The zero-order chi connectivity index (χ0) is 12.9. The van der Waals surface area contributed by atoms with Gasteiger partial charge in [-0.1, -0.05) is 13.8 Å². The predicted molar refractivity (Wildman–Crippen MR) is 64.9 cm³/mol. The number of nitrogens with zero attached hydrogens (tertiary/aromatic N) is 1. The summed E-state index contributed by atoms with van der Waals surface area (Å²) in [4.78, 5) is 12.9. The van der Waals surface area contributed by atoms with Crippen molar-refractivity contribution in [3.8, 4) is 0 Å². The van der Waals surface area contributed by atoms with Crippen LogP contribution in [0.5, 0.6) is 0 Å². The van der Waals surface area contributed by atoms with Gasteiger partial charge >= 0.3 is 0 Å². The molecule has 0 unspecified atom stereocenters. The lowest BCUT2D eigenvalue weighted by Gasteiger charge is -2.11. The Morgan fingerprint density at radius 3 is 2.19 bits per heavy atom. The molecule has 3 nitrogen and oxygen atoms in total. The van der Waals surface area contributed by atoms with Gasteiger partial charge in [-0.05, 0) is 24.6 Å². The fourth-order valence-electron chi connectivity index (χ4n) is 1.14. The van der Waals surface area contributed by atoms with Crippen LogP contribution in [0.3, 0.4) is 0 Å². The summed E-state index contributed by atoms with van der Waals surface area (Å²) in [5.41, 5.74) is 6.42. The van der Waals surface area contributed by atoms with Crippen LogP contribution in [-0.4, -0.2) is 24.9 Å². The lowest BCUT2D eigenvalue weighted by atomic mass is 10.1. The summed E-state index contributed by atoms with van der Waals surface area (Å²) in [6, 6.07) is 2.74. The lowest BCUT2D eigenvalue weighted by Crippen LogP contribution is -2.22. The second kappa shape index (κ2) is 6.10. The molecule has 4 heteroatoms. The van der Waals surface area contributed by atoms with Crippen LogP contribution in [0.4, 0.5) is 10.1 Å². The molecule has 0 saturated carbocycles. The number of hydrogen-bond acceptors (Lipinski definition) is 2. The molecule has 16 heavy (non-hydrogen) atoms. The van der Waals surface area contributed by atoms with Gasteiger partial charge in [-0.15, -0.1) is 0 Å². The zero-order valence-electron chi connectivity index (χ0n) is 10.5. The monoisotopic (exact) mass is 226 g/mol. The minimum absolute atomic E-state index is 0.0975. The molecule has 1 rings (SSSR count). The number of carbonyl (C=O) groups is 1. The van der Waals surface area contributed by atoms with Crippen molar-refractivity contribution in [2.75, 3.05) is 19.8 Å². The first-order chi connectivity index (χ1) is 7.43. The molecule has 0 aliphatic carbocycles. The normalized spacial score (nSPS) is 9.12. The van der Waals surface area contributed by atoms with E-state index in [1.165, 1.54) is 4.90 Å². The van der Waals surface area contributed by atoms with E-state index in [1.807, 2.05) is 13.8 Å². The van der Waals surface area contributed by atoms with Gasteiger partial charge in [-0.2, -0.15) is 0 Å². The SMILES string of the molecule is CC.Cc1cc(C(=O)N(C)C)cc(F)c1N. The van der Waals surface area contributed by atoms with Crippen molar-refractivity contribution in [1.29, 1.82) is 0 Å². The third-order valence-electron chi connectivity index (χ3n) is 1.99. The Labute approximate surface area is 96.1 Å². The Kier molecular flexibility index (Phi) is 5.50. The zero-order valence-corrected chi connectivity index (χ0v) is 10.5. The van der Waals surface area contributed by atoms with Gasteiger partial charge in [0.2, 0.25) is 0 Å². The fourth-order valence-corrected chi connectivity index (χ4v) is 1.14. The molecule has 0 aromatic heterocycles. The van der Waals surface area contributed by atoms with Crippen molar-refractivity contribution in [1.82, 2.24) is 4.90 Å². The Morgan fingerprint density at radius 2 is 1.81 bits per heavy atom. The van der Waals surface area contributed by atoms with Gasteiger partial charge in [-0.25, -0.2) is 4.39 Å². The van der Waals surface area contributed by atoms with Crippen LogP contribution < -0.4 is 5.73 Å². The van der Waals surface area contributed by atoms with Gasteiger partial charge in [0, 0.05) is 19.7 Å². The highest BCUT2D eigenvalue weighted by molar-refractivity contribution is 5.94. The molecule has 0 aliphatic heterocycles. The topological polar surface area (TPSA) is 46.3 Å². The number of nitrogens with two attached hydrogens (primary N) is 1. The van der Waals surface area contributed by atoms with E-state index in [1.54, 1.807) is 27.1 Å². The van der Waals surface area contributed by atoms with Crippen LogP contribution in [0.25, 0.3) is 0 Å². The summed E-state index contributed by atoms with van der Waals surface area (Å²) >= 11 is 0. The van der Waals surface area contributed by atoms with Crippen LogP contribution in [0, 0.1) is 12.7 Å². The summed E-state index contributed by atoms with van der Waals surface area (Å²) < 4.78 is 13.2. The van der Waals surface area contributed by atoms with Gasteiger partial charge < -0.3 is 10.6 Å². The molecule has 1 aromatic rings. The maximum atomic E-state index is 13.2. The highest BCUT2D eigenvalue weighted by Gasteiger charge is 2.12. The minimum atomic E-state index is -0.546. The largest absolute Gasteiger partial charge is 0.396 e. The van der Waals surface area contributed by atoms with Gasteiger partial charge in [0.1, 0.15) is 5.82 Å². The Balaban J connectivity index is 0.00000106. The highest BCUT2D eigenvalue weighted by Crippen LogP contribution is 2.18. The van der Waals surface area contributed by atoms with E-state index in [0.29, 0.717) is 11.1 Å². The number of halogens is 1. The molecule has 0 aliphatic rings. The number of amides is 1. The third kappa shape index (κ3) is 3.22. The molecular formula is C12H19FN2O. The summed E-state index contributed by atoms with van der Waals surface area (Å²) in [5, 5.41) is 0. The third-order valence-corrected chi connectivity index (χ3v) is 1.99. The van der Waals surface area contributed by atoms with Crippen molar-refractivity contribution in [3.63, 3.8) is 0 Å². The summed E-state index contributed by atoms with van der Waals surface area (Å²) in [6.07, 6.45) is 0. The maximum Gasteiger partial charge on any atom is 0.253 e. The standard InChI is InChI=1S/C10H13FN2O.C2H6/c1-6-4-7(10(14)13(2)3)5-8(11)9(6)12;1-2/h4-5H,12H2,1-3H3;1-2H3. The number of rotatable bonds is 1. The number of carbonyl (C=O) groups excluding carboxylic acids is 1. The first-order valence-corrected chi connectivity index (χ1v) is 5.20. The smallest absolute Gasteiger partial charge is 0.253 e. The van der Waals surface area contributed by atoms with Gasteiger partial charge in [0.15, 0.2) is 0 Å². The van der Waals surface area contributed by atoms with Crippen LogP contribution >= 0.6 is 0 Å². The van der Waals surface area contributed by atoms with E-state index in [0.717, 1.165) is 6.07 Å². The van der Waals surface area contributed by atoms with E-state index < -0.39 is 5.82 Å². The van der Waals surface area contributed by atoms with E-state index >= 15 is 0 Å². The second-order valence-electron chi connectivity index (χ2n) is 3.39. The molecule has 0 spiro atoms. The number of anilines is 1. The summed E-state index contributed by atoms with van der Waals surface area (Å²) in [6.45, 7) is 5.67. The molecule has 0 saturated heterocycles. The molecule has 0 heterocycles. The van der Waals surface area contributed by atoms with Crippen LogP contribution in [0.15, 0.2) is 12.1 Å². The molecule has 1 aromatic carbocycles. The highest BCUT2D eigenvalue weighted by atomic mass is 19.1. The Bertz CT molecular complexity index is 352. The molecule has 1 amide bonds. The Morgan fingerprint density at radius 1 is 1.31 bits per heavy atom. The molecule has 0 radical (unpaired) electrons. The molecule has 0 atom stereocenters. The van der Waals surface area contributed by atoms with Gasteiger partial charge in [0.05, 0.1) is 5.69 Å². The number of nitrogen functional groups attached to an aromatic ring is 1. The second-order valence-corrected chi connectivity index (χ2v) is 3.39. The molecule has 90 valence electrons. The molecular weight excluding hydrogens is 207 g/mol. The quantitative estimate of drug-likeness (QED) is 0.748. The van der Waals surface area contributed by atoms with Crippen molar-refractivity contribution in [2.24, 2.45) is 0 Å².